The fourth-order valence-electron chi connectivity index (χ4n) is 9.70. The number of fused-ring (bicyclic) bond motifs is 1. The zero-order valence-corrected chi connectivity index (χ0v) is 33.5. The van der Waals surface area contributed by atoms with E-state index in [1.165, 1.54) is 0 Å². The average molecular weight is 823 g/mol. The molecule has 1 unspecified atom stereocenters. The first-order chi connectivity index (χ1) is 28.5. The molecule has 0 radical (unpaired) electrons. The SMILES string of the molecule is [C-]#[N+]c1ccc(OC2CCC(NC(=O)c3cnn(N4CCC(CN5CCC6(CC5)CN(c5ccc7c(c5)C(=O)N(C5CCC(=O)NC5=O)C7=O)C6)CC4)n3)CC2)cc1Cl. The van der Waals surface area contributed by atoms with E-state index in [4.69, 9.17) is 22.9 Å². The zero-order chi connectivity index (χ0) is 40.8. The van der Waals surface area contributed by atoms with Crippen LogP contribution in [0.1, 0.15) is 95.4 Å². The Morgan fingerprint density at radius 2 is 1.68 bits per heavy atom. The van der Waals surface area contributed by atoms with E-state index in [0.717, 1.165) is 108 Å². The van der Waals surface area contributed by atoms with E-state index in [1.54, 1.807) is 41.4 Å². The van der Waals surface area contributed by atoms with Crippen molar-refractivity contribution in [2.75, 3.05) is 55.7 Å². The predicted molar refractivity (Wildman–Crippen MR) is 216 cm³/mol. The first kappa shape index (κ1) is 39.0. The number of imide groups is 2. The van der Waals surface area contributed by atoms with E-state index in [-0.39, 0.29) is 42.2 Å². The minimum Gasteiger partial charge on any atom is -0.490 e. The number of hydrogen-bond donors (Lipinski definition) is 2. The maximum absolute atomic E-state index is 13.3. The summed E-state index contributed by atoms with van der Waals surface area (Å²) in [5.74, 6) is -0.935. The molecule has 5 aliphatic heterocycles. The molecule has 17 heteroatoms. The molecule has 0 bridgehead atoms. The Morgan fingerprint density at radius 1 is 0.932 bits per heavy atom. The molecule has 6 heterocycles. The highest BCUT2D eigenvalue weighted by Gasteiger charge is 2.47. The van der Waals surface area contributed by atoms with Gasteiger partial charge in [-0.05, 0) is 107 Å². The third-order valence-electron chi connectivity index (χ3n) is 13.2. The van der Waals surface area contributed by atoms with Crippen LogP contribution in [0.3, 0.4) is 0 Å². The lowest BCUT2D eigenvalue weighted by Crippen LogP contribution is -2.60. The molecule has 1 saturated carbocycles. The first-order valence-corrected chi connectivity index (χ1v) is 21.1. The molecule has 2 N–H and O–H groups in total. The van der Waals surface area contributed by atoms with Crippen LogP contribution in [0, 0.1) is 17.9 Å². The highest BCUT2D eigenvalue weighted by Crippen LogP contribution is 2.44. The Morgan fingerprint density at radius 3 is 2.39 bits per heavy atom. The lowest BCUT2D eigenvalue weighted by molar-refractivity contribution is -0.136. The number of piperidine rings is 3. The van der Waals surface area contributed by atoms with Gasteiger partial charge in [0.05, 0.1) is 35.0 Å². The van der Waals surface area contributed by atoms with Gasteiger partial charge in [-0.2, -0.15) is 0 Å². The van der Waals surface area contributed by atoms with Gasteiger partial charge < -0.3 is 19.9 Å². The molecule has 1 aromatic heterocycles. The number of ether oxygens (including phenoxy) is 1. The van der Waals surface area contributed by atoms with Gasteiger partial charge in [0.1, 0.15) is 11.8 Å². The molecular weight excluding hydrogens is 776 g/mol. The third-order valence-corrected chi connectivity index (χ3v) is 13.5. The van der Waals surface area contributed by atoms with Gasteiger partial charge in [0, 0.05) is 56.3 Å². The van der Waals surface area contributed by atoms with Gasteiger partial charge in [-0.25, -0.2) is 4.85 Å². The highest BCUT2D eigenvalue weighted by molar-refractivity contribution is 6.33. The number of benzene rings is 2. The molecule has 4 saturated heterocycles. The van der Waals surface area contributed by atoms with Crippen molar-refractivity contribution >= 4 is 52.5 Å². The van der Waals surface area contributed by atoms with Crippen LogP contribution in [0.25, 0.3) is 4.85 Å². The van der Waals surface area contributed by atoms with Gasteiger partial charge in [0.15, 0.2) is 5.69 Å². The molecule has 9 rings (SSSR count). The number of anilines is 1. The lowest BCUT2D eigenvalue weighted by atomic mass is 9.71. The van der Waals surface area contributed by atoms with Crippen molar-refractivity contribution < 1.29 is 28.7 Å². The van der Waals surface area contributed by atoms with Crippen molar-refractivity contribution in [2.45, 2.75) is 82.4 Å². The predicted octanol–water partition coefficient (Wildman–Crippen LogP) is 3.95. The molecule has 1 aliphatic carbocycles. The second-order valence-corrected chi connectivity index (χ2v) is 17.4. The number of carbonyl (C=O) groups is 5. The topological polar surface area (TPSA) is 167 Å². The van der Waals surface area contributed by atoms with E-state index in [9.17, 15) is 24.0 Å². The van der Waals surface area contributed by atoms with Crippen molar-refractivity contribution in [3.63, 3.8) is 0 Å². The number of nitrogens with zero attached hydrogens (tertiary/aromatic N) is 8. The van der Waals surface area contributed by atoms with Crippen molar-refractivity contribution in [3.05, 3.63) is 75.9 Å². The number of amides is 5. The second-order valence-electron chi connectivity index (χ2n) is 17.0. The normalized spacial score (nSPS) is 24.7. The zero-order valence-electron chi connectivity index (χ0n) is 32.8. The fourth-order valence-corrected chi connectivity index (χ4v) is 9.91. The van der Waals surface area contributed by atoms with Crippen molar-refractivity contribution in [1.29, 1.82) is 0 Å². The Labute approximate surface area is 346 Å². The summed E-state index contributed by atoms with van der Waals surface area (Å²) < 4.78 is 6.10. The molecular formula is C42H47ClN10O6. The van der Waals surface area contributed by atoms with E-state index in [0.29, 0.717) is 39.2 Å². The van der Waals surface area contributed by atoms with Gasteiger partial charge in [-0.15, -0.1) is 10.2 Å². The van der Waals surface area contributed by atoms with Gasteiger partial charge >= 0.3 is 0 Å². The molecule has 6 aliphatic rings. The monoisotopic (exact) mass is 822 g/mol. The molecule has 1 spiro atoms. The third kappa shape index (κ3) is 7.85. The van der Waals surface area contributed by atoms with Crippen molar-refractivity contribution in [3.8, 4) is 5.75 Å². The summed E-state index contributed by atoms with van der Waals surface area (Å²) in [6, 6.07) is 9.56. The first-order valence-electron chi connectivity index (χ1n) is 20.7. The molecule has 2 aromatic carbocycles. The number of rotatable bonds is 9. The number of nitrogens with one attached hydrogen (secondary N) is 2. The average Bonchev–Trinajstić information content (AvgIpc) is 3.81. The van der Waals surface area contributed by atoms with E-state index >= 15 is 0 Å². The molecule has 59 heavy (non-hydrogen) atoms. The molecule has 5 amide bonds. The molecule has 1 atom stereocenters. The minimum atomic E-state index is -0.967. The van der Waals surface area contributed by atoms with Gasteiger partial charge in [0.2, 0.25) is 17.5 Å². The van der Waals surface area contributed by atoms with Crippen LogP contribution in [-0.2, 0) is 9.59 Å². The standard InChI is InChI=1S/C42H47ClN10O6/c1-44-34-9-7-30(21-33(34)43)59-29-5-2-27(3-6-29)46-38(55)35-22-45-53(48-35)51-16-12-26(13-17-51)23-49-18-14-42(15-19-49)24-50(25-42)28-4-8-31-32(20-28)41(58)52(40(31)57)36-10-11-37(54)47-39(36)56/h4,7-9,20-22,26-27,29,36H,2-3,5-6,10-19,23-25H2,(H,46,55)(H,47,54,56). The quantitative estimate of drug-likeness (QED) is 0.237. The Hall–Kier alpha value is -5.53. The Balaban J connectivity index is 0.687. The Bertz CT molecular complexity index is 2210. The Kier molecular flexibility index (Phi) is 10.5. The van der Waals surface area contributed by atoms with Crippen LogP contribution in [0.4, 0.5) is 11.4 Å². The second kappa shape index (κ2) is 15.9. The minimum absolute atomic E-state index is 0.0273. The molecule has 308 valence electrons. The van der Waals surface area contributed by atoms with Crippen molar-refractivity contribution in [1.82, 2.24) is 35.5 Å². The number of halogens is 1. The van der Waals surface area contributed by atoms with Crippen LogP contribution in [0.2, 0.25) is 5.02 Å². The van der Waals surface area contributed by atoms with Crippen molar-refractivity contribution in [2.24, 2.45) is 11.3 Å². The van der Waals surface area contributed by atoms with Crippen LogP contribution in [-0.4, -0.2) is 118 Å². The number of aromatic nitrogens is 3. The van der Waals surface area contributed by atoms with E-state index in [1.807, 2.05) is 6.07 Å². The van der Waals surface area contributed by atoms with Crippen LogP contribution in [0.5, 0.6) is 5.75 Å². The van der Waals surface area contributed by atoms with Crippen LogP contribution < -0.4 is 25.3 Å². The van der Waals surface area contributed by atoms with Gasteiger partial charge in [0.25, 0.3) is 17.7 Å². The molecule has 5 fully saturated rings. The highest BCUT2D eigenvalue weighted by atomic mass is 35.5. The van der Waals surface area contributed by atoms with E-state index < -0.39 is 23.8 Å². The number of hydrogen-bond acceptors (Lipinski definition) is 11. The van der Waals surface area contributed by atoms with E-state index in [2.05, 4.69) is 40.5 Å². The molecule has 16 nitrogen and oxygen atoms in total. The van der Waals surface area contributed by atoms with Crippen LogP contribution in [0.15, 0.2) is 42.6 Å². The number of carbonyl (C=O) groups excluding carboxylic acids is 5. The van der Waals surface area contributed by atoms with Gasteiger partial charge in [-0.1, -0.05) is 22.6 Å². The maximum Gasteiger partial charge on any atom is 0.273 e. The smallest absolute Gasteiger partial charge is 0.273 e. The fraction of sp³-hybridized carbons (Fsp3) is 0.524. The largest absolute Gasteiger partial charge is 0.490 e. The molecule has 3 aromatic rings. The summed E-state index contributed by atoms with van der Waals surface area (Å²) in [5.41, 5.74) is 2.49. The van der Waals surface area contributed by atoms with Crippen LogP contribution >= 0.6 is 11.6 Å². The summed E-state index contributed by atoms with van der Waals surface area (Å²) in [7, 11) is 0. The lowest BCUT2D eigenvalue weighted by Gasteiger charge is -2.55. The summed E-state index contributed by atoms with van der Waals surface area (Å²) >= 11 is 6.16. The summed E-state index contributed by atoms with van der Waals surface area (Å²) in [5, 5.41) is 16.8. The summed E-state index contributed by atoms with van der Waals surface area (Å²) in [6.45, 7) is 13.8. The maximum atomic E-state index is 13.3. The number of likely N-dealkylation sites (tertiary alicyclic amines) is 1. The summed E-state index contributed by atoms with van der Waals surface area (Å²) in [6.07, 6.45) is 9.27. The van der Waals surface area contributed by atoms with Gasteiger partial charge in [-0.3, -0.25) is 39.2 Å². The summed E-state index contributed by atoms with van der Waals surface area (Å²) in [4.78, 5) is 74.5.